The third-order valence-corrected chi connectivity index (χ3v) is 4.81. The summed E-state index contributed by atoms with van der Waals surface area (Å²) in [4.78, 5) is 16.5. The third kappa shape index (κ3) is 3.40. The summed E-state index contributed by atoms with van der Waals surface area (Å²) in [7, 11) is 0. The van der Waals surface area contributed by atoms with Gasteiger partial charge < -0.3 is 5.32 Å². The molecule has 22 heavy (non-hydrogen) atoms. The van der Waals surface area contributed by atoms with Gasteiger partial charge in [-0.3, -0.25) is 4.79 Å². The monoisotopic (exact) mass is 350 g/mol. The van der Waals surface area contributed by atoms with E-state index >= 15 is 0 Å². The number of aryl methyl sites for hydroxylation is 1. The van der Waals surface area contributed by atoms with Crippen LogP contribution in [-0.2, 0) is 11.2 Å². The minimum atomic E-state index is -0.130. The molecule has 112 valence electrons. The van der Waals surface area contributed by atoms with Crippen LogP contribution < -0.4 is 5.32 Å². The van der Waals surface area contributed by atoms with Crippen molar-refractivity contribution in [3.63, 3.8) is 0 Å². The van der Waals surface area contributed by atoms with Crippen LogP contribution in [0.4, 0.5) is 5.13 Å². The summed E-state index contributed by atoms with van der Waals surface area (Å²) >= 11 is 13.3. The zero-order chi connectivity index (χ0) is 15.7. The molecule has 1 N–H and O–H groups in total. The lowest BCUT2D eigenvalue weighted by Gasteiger charge is -2.03. The van der Waals surface area contributed by atoms with Crippen LogP contribution in [0.3, 0.4) is 0 Å². The van der Waals surface area contributed by atoms with E-state index in [0.717, 1.165) is 15.8 Å². The molecule has 6 heteroatoms. The SMILES string of the molecule is Cc1ccc2nc(NC(=O)Cc3ccc(Cl)c(Cl)c3)sc2c1. The van der Waals surface area contributed by atoms with E-state index in [2.05, 4.69) is 16.4 Å². The molecule has 0 fully saturated rings. The summed E-state index contributed by atoms with van der Waals surface area (Å²) in [5.74, 6) is -0.130. The fourth-order valence-corrected chi connectivity index (χ4v) is 3.38. The number of thiazole rings is 1. The second-order valence-corrected chi connectivity index (χ2v) is 6.81. The Morgan fingerprint density at radius 3 is 2.77 bits per heavy atom. The van der Waals surface area contributed by atoms with E-state index < -0.39 is 0 Å². The molecular formula is C16H12Cl2N2OS. The van der Waals surface area contributed by atoms with Crippen LogP contribution in [0.5, 0.6) is 0 Å². The Labute approximate surface area is 141 Å². The molecule has 0 saturated carbocycles. The van der Waals surface area contributed by atoms with E-state index in [-0.39, 0.29) is 12.3 Å². The molecule has 1 amide bonds. The number of anilines is 1. The van der Waals surface area contributed by atoms with Crippen LogP contribution in [0, 0.1) is 6.92 Å². The predicted octanol–water partition coefficient (Wildman–Crippen LogP) is 5.09. The van der Waals surface area contributed by atoms with Crippen molar-refractivity contribution in [2.45, 2.75) is 13.3 Å². The van der Waals surface area contributed by atoms with E-state index in [1.54, 1.807) is 18.2 Å². The van der Waals surface area contributed by atoms with Crippen LogP contribution in [0.25, 0.3) is 10.2 Å². The van der Waals surface area contributed by atoms with Gasteiger partial charge in [-0.15, -0.1) is 0 Å². The summed E-state index contributed by atoms with van der Waals surface area (Å²) in [6.07, 6.45) is 0.228. The van der Waals surface area contributed by atoms with Crippen molar-refractivity contribution in [1.29, 1.82) is 0 Å². The topological polar surface area (TPSA) is 42.0 Å². The van der Waals surface area contributed by atoms with Crippen molar-refractivity contribution in [1.82, 2.24) is 4.98 Å². The van der Waals surface area contributed by atoms with Crippen LogP contribution in [0.1, 0.15) is 11.1 Å². The Hall–Kier alpha value is -1.62. The second-order valence-electron chi connectivity index (χ2n) is 4.96. The summed E-state index contributed by atoms with van der Waals surface area (Å²) in [6, 6.07) is 11.2. The summed E-state index contributed by atoms with van der Waals surface area (Å²) in [5.41, 5.74) is 2.87. The van der Waals surface area contributed by atoms with Gasteiger partial charge in [-0.2, -0.15) is 0 Å². The Bertz CT molecular complexity index is 860. The van der Waals surface area contributed by atoms with Gasteiger partial charge in [0.15, 0.2) is 5.13 Å². The molecule has 2 aromatic carbocycles. The van der Waals surface area contributed by atoms with E-state index in [9.17, 15) is 4.79 Å². The van der Waals surface area contributed by atoms with Gasteiger partial charge in [-0.1, -0.05) is 46.7 Å². The molecule has 0 spiro atoms. The fraction of sp³-hybridized carbons (Fsp3) is 0.125. The number of benzene rings is 2. The molecule has 0 atom stereocenters. The molecule has 3 aromatic rings. The smallest absolute Gasteiger partial charge is 0.230 e. The minimum Gasteiger partial charge on any atom is -0.302 e. The number of rotatable bonds is 3. The molecule has 0 saturated heterocycles. The third-order valence-electron chi connectivity index (χ3n) is 3.14. The number of halogens is 2. The highest BCUT2D eigenvalue weighted by molar-refractivity contribution is 7.22. The molecule has 1 heterocycles. The maximum atomic E-state index is 12.1. The lowest BCUT2D eigenvalue weighted by Crippen LogP contribution is -2.14. The summed E-state index contributed by atoms with van der Waals surface area (Å²) in [5, 5.41) is 4.35. The maximum absolute atomic E-state index is 12.1. The molecule has 3 rings (SSSR count). The molecule has 0 aliphatic carbocycles. The van der Waals surface area contributed by atoms with E-state index in [1.165, 1.54) is 16.9 Å². The van der Waals surface area contributed by atoms with E-state index in [0.29, 0.717) is 15.2 Å². The number of nitrogens with zero attached hydrogens (tertiary/aromatic N) is 1. The molecule has 1 aromatic heterocycles. The Morgan fingerprint density at radius 1 is 1.18 bits per heavy atom. The van der Waals surface area contributed by atoms with Gasteiger partial charge >= 0.3 is 0 Å². The Morgan fingerprint density at radius 2 is 2.00 bits per heavy atom. The standard InChI is InChI=1S/C16H12Cl2N2OS/c1-9-2-5-13-14(6-9)22-16(19-13)20-15(21)8-10-3-4-11(17)12(18)7-10/h2-7H,8H2,1H3,(H,19,20,21). The number of carbonyl (C=O) groups is 1. The minimum absolute atomic E-state index is 0.130. The number of nitrogens with one attached hydrogen (secondary N) is 1. The quantitative estimate of drug-likeness (QED) is 0.714. The van der Waals surface area contributed by atoms with Gasteiger partial charge in [0.1, 0.15) is 0 Å². The number of fused-ring (bicyclic) bond motifs is 1. The van der Waals surface area contributed by atoms with Crippen LogP contribution >= 0.6 is 34.5 Å². The van der Waals surface area contributed by atoms with Gasteiger partial charge in [0, 0.05) is 0 Å². The van der Waals surface area contributed by atoms with Crippen LogP contribution in [0.2, 0.25) is 10.0 Å². The van der Waals surface area contributed by atoms with Gasteiger partial charge in [-0.25, -0.2) is 4.98 Å². The summed E-state index contributed by atoms with van der Waals surface area (Å²) in [6.45, 7) is 2.03. The van der Waals surface area contributed by atoms with Gasteiger partial charge in [0.2, 0.25) is 5.91 Å². The lowest BCUT2D eigenvalue weighted by molar-refractivity contribution is -0.115. The molecule has 0 aliphatic rings. The van der Waals surface area contributed by atoms with E-state index in [4.69, 9.17) is 23.2 Å². The van der Waals surface area contributed by atoms with Crippen molar-refractivity contribution in [3.8, 4) is 0 Å². The number of hydrogen-bond acceptors (Lipinski definition) is 3. The molecule has 0 bridgehead atoms. The molecule has 0 unspecified atom stereocenters. The highest BCUT2D eigenvalue weighted by Gasteiger charge is 2.09. The van der Waals surface area contributed by atoms with Crippen molar-refractivity contribution >= 4 is 55.8 Å². The Kier molecular flexibility index (Phi) is 4.34. The first-order valence-corrected chi connectivity index (χ1v) is 8.19. The van der Waals surface area contributed by atoms with Gasteiger partial charge in [0.05, 0.1) is 26.7 Å². The highest BCUT2D eigenvalue weighted by atomic mass is 35.5. The number of carbonyl (C=O) groups excluding carboxylic acids is 1. The predicted molar refractivity (Wildman–Crippen MR) is 93.2 cm³/mol. The van der Waals surface area contributed by atoms with Crippen LogP contribution in [-0.4, -0.2) is 10.9 Å². The number of hydrogen-bond donors (Lipinski definition) is 1. The molecule has 0 radical (unpaired) electrons. The maximum Gasteiger partial charge on any atom is 0.230 e. The average Bonchev–Trinajstić information content (AvgIpc) is 2.84. The van der Waals surface area contributed by atoms with Crippen molar-refractivity contribution < 1.29 is 4.79 Å². The first-order valence-electron chi connectivity index (χ1n) is 6.62. The van der Waals surface area contributed by atoms with Crippen molar-refractivity contribution in [2.75, 3.05) is 5.32 Å². The molecular weight excluding hydrogens is 339 g/mol. The first-order chi connectivity index (χ1) is 10.5. The van der Waals surface area contributed by atoms with E-state index in [1.807, 2.05) is 19.1 Å². The van der Waals surface area contributed by atoms with Gasteiger partial charge in [0.25, 0.3) is 0 Å². The fourth-order valence-electron chi connectivity index (χ4n) is 2.08. The van der Waals surface area contributed by atoms with Crippen LogP contribution in [0.15, 0.2) is 36.4 Å². The number of amides is 1. The highest BCUT2D eigenvalue weighted by Crippen LogP contribution is 2.27. The lowest BCUT2D eigenvalue weighted by atomic mass is 10.1. The zero-order valence-corrected chi connectivity index (χ0v) is 14.0. The molecule has 0 aliphatic heterocycles. The van der Waals surface area contributed by atoms with Crippen molar-refractivity contribution in [2.24, 2.45) is 0 Å². The molecule has 3 nitrogen and oxygen atoms in total. The van der Waals surface area contributed by atoms with Crippen molar-refractivity contribution in [3.05, 3.63) is 57.6 Å². The largest absolute Gasteiger partial charge is 0.302 e. The Balaban J connectivity index is 1.73. The first kappa shape index (κ1) is 15.3. The second kappa shape index (κ2) is 6.24. The number of aromatic nitrogens is 1. The van der Waals surface area contributed by atoms with Gasteiger partial charge in [-0.05, 0) is 42.3 Å². The summed E-state index contributed by atoms with van der Waals surface area (Å²) < 4.78 is 1.06. The average molecular weight is 351 g/mol. The zero-order valence-electron chi connectivity index (χ0n) is 11.7. The normalized spacial score (nSPS) is 10.9.